The monoisotopic (exact) mass is 216 g/mol. The molecule has 16 heavy (non-hydrogen) atoms. The number of hydrazone groups is 1. The SMILES string of the molecule is CC(=O)c1ccc(C2=NNC(=O)CC2)cc1. The van der Waals surface area contributed by atoms with E-state index in [0.717, 1.165) is 11.3 Å². The van der Waals surface area contributed by atoms with E-state index in [9.17, 15) is 9.59 Å². The number of hydrogen-bond acceptors (Lipinski definition) is 3. The fourth-order valence-electron chi connectivity index (χ4n) is 1.58. The quantitative estimate of drug-likeness (QED) is 0.761. The molecule has 1 N–H and O–H groups in total. The van der Waals surface area contributed by atoms with Crippen LogP contribution in [0.5, 0.6) is 0 Å². The van der Waals surface area contributed by atoms with Crippen molar-refractivity contribution in [3.63, 3.8) is 0 Å². The van der Waals surface area contributed by atoms with Gasteiger partial charge in [0.25, 0.3) is 0 Å². The molecule has 1 aromatic rings. The first-order valence-corrected chi connectivity index (χ1v) is 5.13. The Kier molecular flexibility index (Phi) is 2.81. The van der Waals surface area contributed by atoms with Gasteiger partial charge < -0.3 is 0 Å². The fourth-order valence-corrected chi connectivity index (χ4v) is 1.58. The molecule has 1 aliphatic rings. The van der Waals surface area contributed by atoms with Crippen molar-refractivity contribution in [2.75, 3.05) is 0 Å². The maximum atomic E-state index is 11.1. The van der Waals surface area contributed by atoms with Crippen molar-refractivity contribution in [3.8, 4) is 0 Å². The molecular weight excluding hydrogens is 204 g/mol. The molecule has 4 heteroatoms. The molecule has 0 radical (unpaired) electrons. The first-order valence-electron chi connectivity index (χ1n) is 5.13. The molecule has 1 aliphatic heterocycles. The second-order valence-electron chi connectivity index (χ2n) is 3.73. The van der Waals surface area contributed by atoms with Gasteiger partial charge in [0.05, 0.1) is 5.71 Å². The molecule has 1 heterocycles. The van der Waals surface area contributed by atoms with Gasteiger partial charge in [0, 0.05) is 18.4 Å². The zero-order chi connectivity index (χ0) is 11.5. The van der Waals surface area contributed by atoms with Gasteiger partial charge in [-0.25, -0.2) is 5.43 Å². The molecule has 0 fully saturated rings. The van der Waals surface area contributed by atoms with Crippen LogP contribution >= 0.6 is 0 Å². The van der Waals surface area contributed by atoms with Crippen LogP contribution in [-0.2, 0) is 4.79 Å². The van der Waals surface area contributed by atoms with Crippen LogP contribution in [0.4, 0.5) is 0 Å². The van der Waals surface area contributed by atoms with Gasteiger partial charge in [-0.15, -0.1) is 0 Å². The van der Waals surface area contributed by atoms with Crippen molar-refractivity contribution >= 4 is 17.4 Å². The number of nitrogens with one attached hydrogen (secondary N) is 1. The fraction of sp³-hybridized carbons (Fsp3) is 0.250. The highest BCUT2D eigenvalue weighted by atomic mass is 16.2. The zero-order valence-corrected chi connectivity index (χ0v) is 8.99. The van der Waals surface area contributed by atoms with E-state index in [1.165, 1.54) is 6.92 Å². The van der Waals surface area contributed by atoms with Crippen LogP contribution in [0.3, 0.4) is 0 Å². The number of rotatable bonds is 2. The van der Waals surface area contributed by atoms with E-state index < -0.39 is 0 Å². The summed E-state index contributed by atoms with van der Waals surface area (Å²) >= 11 is 0. The van der Waals surface area contributed by atoms with Crippen LogP contribution in [0, 0.1) is 0 Å². The third-order valence-corrected chi connectivity index (χ3v) is 2.53. The highest BCUT2D eigenvalue weighted by molar-refractivity contribution is 6.04. The van der Waals surface area contributed by atoms with Crippen molar-refractivity contribution in [1.82, 2.24) is 5.43 Å². The Labute approximate surface area is 93.4 Å². The number of nitrogens with zero attached hydrogens (tertiary/aromatic N) is 1. The third kappa shape index (κ3) is 2.16. The number of benzene rings is 1. The van der Waals surface area contributed by atoms with Gasteiger partial charge in [0.15, 0.2) is 5.78 Å². The van der Waals surface area contributed by atoms with E-state index >= 15 is 0 Å². The van der Waals surface area contributed by atoms with Crippen LogP contribution in [-0.4, -0.2) is 17.4 Å². The summed E-state index contributed by atoms with van der Waals surface area (Å²) in [6, 6.07) is 7.26. The Bertz CT molecular complexity index is 460. The summed E-state index contributed by atoms with van der Waals surface area (Å²) in [7, 11) is 0. The number of hydrogen-bond donors (Lipinski definition) is 1. The van der Waals surface area contributed by atoms with E-state index in [0.29, 0.717) is 18.4 Å². The number of Topliss-reactive ketones (excluding diaryl/α,β-unsaturated/α-hetero) is 1. The summed E-state index contributed by atoms with van der Waals surface area (Å²) in [4.78, 5) is 22.0. The van der Waals surface area contributed by atoms with Gasteiger partial charge in [-0.3, -0.25) is 9.59 Å². The molecule has 0 aliphatic carbocycles. The first kappa shape index (κ1) is 10.5. The standard InChI is InChI=1S/C12H12N2O2/c1-8(15)9-2-4-10(5-3-9)11-6-7-12(16)14-13-11/h2-5H,6-7H2,1H3,(H,14,16). The lowest BCUT2D eigenvalue weighted by molar-refractivity contribution is -0.121. The third-order valence-electron chi connectivity index (χ3n) is 2.53. The second-order valence-corrected chi connectivity index (χ2v) is 3.73. The molecule has 1 amide bonds. The molecule has 2 rings (SSSR count). The van der Waals surface area contributed by atoms with E-state index in [4.69, 9.17) is 0 Å². The minimum absolute atomic E-state index is 0.0467. The number of ketones is 1. The van der Waals surface area contributed by atoms with Crippen molar-refractivity contribution in [3.05, 3.63) is 35.4 Å². The van der Waals surface area contributed by atoms with Crippen molar-refractivity contribution < 1.29 is 9.59 Å². The maximum absolute atomic E-state index is 11.1. The van der Waals surface area contributed by atoms with Gasteiger partial charge in [-0.1, -0.05) is 24.3 Å². The number of amides is 1. The molecule has 0 aromatic heterocycles. The van der Waals surface area contributed by atoms with Gasteiger partial charge >= 0.3 is 0 Å². The van der Waals surface area contributed by atoms with Gasteiger partial charge in [0.1, 0.15) is 0 Å². The Balaban J connectivity index is 2.22. The van der Waals surface area contributed by atoms with Gasteiger partial charge in [-0.05, 0) is 12.5 Å². The normalized spacial score (nSPS) is 15.3. The van der Waals surface area contributed by atoms with Gasteiger partial charge in [0.2, 0.25) is 5.91 Å². The van der Waals surface area contributed by atoms with Crippen molar-refractivity contribution in [2.24, 2.45) is 5.10 Å². The van der Waals surface area contributed by atoms with Crippen molar-refractivity contribution in [1.29, 1.82) is 0 Å². The topological polar surface area (TPSA) is 58.5 Å². The van der Waals surface area contributed by atoms with Gasteiger partial charge in [-0.2, -0.15) is 5.10 Å². The largest absolute Gasteiger partial charge is 0.295 e. The minimum atomic E-state index is -0.0518. The predicted octanol–water partition coefficient (Wildman–Crippen LogP) is 1.50. The highest BCUT2D eigenvalue weighted by Crippen LogP contribution is 2.11. The predicted molar refractivity (Wildman–Crippen MR) is 60.4 cm³/mol. The van der Waals surface area contributed by atoms with Crippen molar-refractivity contribution in [2.45, 2.75) is 19.8 Å². The second kappa shape index (κ2) is 4.26. The van der Waals surface area contributed by atoms with Crippen LogP contribution in [0.25, 0.3) is 0 Å². The summed E-state index contributed by atoms with van der Waals surface area (Å²) in [6.07, 6.45) is 1.11. The molecule has 0 bridgehead atoms. The summed E-state index contributed by atoms with van der Waals surface area (Å²) in [5.74, 6) is -0.00505. The molecule has 0 saturated heterocycles. The zero-order valence-electron chi connectivity index (χ0n) is 8.99. The molecular formula is C12H12N2O2. The molecule has 0 spiro atoms. The summed E-state index contributed by atoms with van der Waals surface area (Å²) in [5.41, 5.74) is 4.94. The van der Waals surface area contributed by atoms with E-state index in [1.54, 1.807) is 12.1 Å². The van der Waals surface area contributed by atoms with Crippen LogP contribution in [0.1, 0.15) is 35.7 Å². The van der Waals surface area contributed by atoms with Crippen LogP contribution < -0.4 is 5.43 Å². The summed E-state index contributed by atoms with van der Waals surface area (Å²) in [6.45, 7) is 1.54. The number of carbonyl (C=O) groups excluding carboxylic acids is 2. The lowest BCUT2D eigenvalue weighted by atomic mass is 10.0. The molecule has 0 atom stereocenters. The number of carbonyl (C=O) groups is 2. The van der Waals surface area contributed by atoms with E-state index in [1.807, 2.05) is 12.1 Å². The Morgan fingerprint density at radius 3 is 2.44 bits per heavy atom. The van der Waals surface area contributed by atoms with Crippen LogP contribution in [0.2, 0.25) is 0 Å². The Morgan fingerprint density at radius 1 is 1.25 bits per heavy atom. The average Bonchev–Trinajstić information content (AvgIpc) is 2.30. The van der Waals surface area contributed by atoms with Crippen LogP contribution in [0.15, 0.2) is 29.4 Å². The Hall–Kier alpha value is -1.97. The van der Waals surface area contributed by atoms with E-state index in [2.05, 4.69) is 10.5 Å². The molecule has 4 nitrogen and oxygen atoms in total. The molecule has 0 unspecified atom stereocenters. The highest BCUT2D eigenvalue weighted by Gasteiger charge is 2.13. The molecule has 82 valence electrons. The molecule has 0 saturated carbocycles. The summed E-state index contributed by atoms with van der Waals surface area (Å²) in [5, 5.41) is 3.99. The lowest BCUT2D eigenvalue weighted by Crippen LogP contribution is -2.25. The minimum Gasteiger partial charge on any atom is -0.295 e. The Morgan fingerprint density at radius 2 is 1.94 bits per heavy atom. The average molecular weight is 216 g/mol. The first-order chi connectivity index (χ1) is 7.66. The smallest absolute Gasteiger partial charge is 0.240 e. The molecule has 1 aromatic carbocycles. The summed E-state index contributed by atoms with van der Waals surface area (Å²) < 4.78 is 0. The van der Waals surface area contributed by atoms with E-state index in [-0.39, 0.29) is 11.7 Å². The maximum Gasteiger partial charge on any atom is 0.240 e. The lowest BCUT2D eigenvalue weighted by Gasteiger charge is -2.12.